The zero-order chi connectivity index (χ0) is 22.5. The Morgan fingerprint density at radius 1 is 1.22 bits per heavy atom. The van der Waals surface area contributed by atoms with Crippen LogP contribution in [0.1, 0.15) is 67.4 Å². The number of aryl methyl sites for hydroxylation is 2. The van der Waals surface area contributed by atoms with Crippen molar-refractivity contribution in [1.29, 1.82) is 0 Å². The molecule has 1 N–H and O–H groups in total. The molecule has 1 aromatic heterocycles. The Hall–Kier alpha value is -1.93. The third-order valence-electron chi connectivity index (χ3n) is 7.73. The lowest BCUT2D eigenvalue weighted by molar-refractivity contribution is 0.0976. The standard InChI is InChI=1S/C24H33FN4O2S/c1-16-20-14-21(24(30)27-32(2,31)28-8-4-9-28)22(25)15-23(20)29(26-16)10-7-19-12-17-5-3-6-18(11-17)13-19/h14-15,17-19H,2-13H2,1H3,(H,27,30,31). The normalized spacial score (nSPS) is 27.6. The maximum absolute atomic E-state index is 15.0. The van der Waals surface area contributed by atoms with Crippen molar-refractivity contribution in [3.05, 3.63) is 29.2 Å². The van der Waals surface area contributed by atoms with Crippen LogP contribution in [0.15, 0.2) is 12.1 Å². The summed E-state index contributed by atoms with van der Waals surface area (Å²) in [7, 11) is -2.93. The molecule has 174 valence electrons. The van der Waals surface area contributed by atoms with Gasteiger partial charge in [-0.3, -0.25) is 14.2 Å². The fourth-order valence-electron chi connectivity index (χ4n) is 5.96. The Bertz CT molecular complexity index is 1130. The number of benzene rings is 1. The average Bonchev–Trinajstić information content (AvgIpc) is 2.98. The summed E-state index contributed by atoms with van der Waals surface area (Å²) in [4.78, 5) is 12.7. The predicted molar refractivity (Wildman–Crippen MR) is 126 cm³/mol. The van der Waals surface area contributed by atoms with E-state index in [2.05, 4.69) is 15.7 Å². The summed E-state index contributed by atoms with van der Waals surface area (Å²) in [5, 5.41) is 5.42. The molecule has 3 unspecified atom stereocenters. The highest BCUT2D eigenvalue weighted by molar-refractivity contribution is 7.96. The van der Waals surface area contributed by atoms with E-state index in [4.69, 9.17) is 0 Å². The Balaban J connectivity index is 1.32. The highest BCUT2D eigenvalue weighted by atomic mass is 32.2. The molecule has 32 heavy (non-hydrogen) atoms. The van der Waals surface area contributed by atoms with Gasteiger partial charge in [-0.05, 0) is 68.7 Å². The van der Waals surface area contributed by atoms with Crippen LogP contribution in [0.2, 0.25) is 0 Å². The van der Waals surface area contributed by atoms with E-state index >= 15 is 0 Å². The van der Waals surface area contributed by atoms with Gasteiger partial charge in [-0.25, -0.2) is 12.9 Å². The largest absolute Gasteiger partial charge is 0.268 e. The Morgan fingerprint density at radius 2 is 1.94 bits per heavy atom. The molecule has 3 atom stereocenters. The first-order valence-corrected chi connectivity index (χ1v) is 13.6. The van der Waals surface area contributed by atoms with Crippen molar-refractivity contribution in [1.82, 2.24) is 18.8 Å². The van der Waals surface area contributed by atoms with Gasteiger partial charge >= 0.3 is 0 Å². The number of nitrogens with zero attached hydrogens (tertiary/aromatic N) is 3. The van der Waals surface area contributed by atoms with Crippen molar-refractivity contribution in [3.8, 4) is 0 Å². The third-order valence-corrected chi connectivity index (χ3v) is 9.43. The van der Waals surface area contributed by atoms with Crippen molar-refractivity contribution in [2.24, 2.45) is 17.8 Å². The van der Waals surface area contributed by atoms with Gasteiger partial charge in [0.25, 0.3) is 5.91 Å². The number of nitrogens with one attached hydrogen (secondary N) is 1. The van der Waals surface area contributed by atoms with Crippen LogP contribution in [0.5, 0.6) is 0 Å². The Labute approximate surface area is 189 Å². The van der Waals surface area contributed by atoms with Gasteiger partial charge in [-0.2, -0.15) is 5.10 Å². The number of carbonyl (C=O) groups excluding carboxylic acids is 1. The molecular formula is C24H33FN4O2S. The van der Waals surface area contributed by atoms with E-state index in [1.54, 1.807) is 4.31 Å². The van der Waals surface area contributed by atoms with Crippen LogP contribution in [-0.2, 0) is 16.4 Å². The number of fused-ring (bicyclic) bond motifs is 3. The number of aromatic nitrogens is 2. The lowest BCUT2D eigenvalue weighted by Gasteiger charge is -2.39. The van der Waals surface area contributed by atoms with E-state index < -0.39 is 21.6 Å². The summed E-state index contributed by atoms with van der Waals surface area (Å²) in [5.74, 6) is 4.83. The lowest BCUT2D eigenvalue weighted by atomic mass is 9.67. The van der Waals surface area contributed by atoms with Crippen molar-refractivity contribution < 1.29 is 13.4 Å². The van der Waals surface area contributed by atoms with E-state index in [1.165, 1.54) is 50.7 Å². The van der Waals surface area contributed by atoms with Gasteiger partial charge in [0.1, 0.15) is 15.7 Å². The molecule has 6 nitrogen and oxygen atoms in total. The molecule has 1 aromatic carbocycles. The summed E-state index contributed by atoms with van der Waals surface area (Å²) >= 11 is 0. The number of halogens is 1. The lowest BCUT2D eigenvalue weighted by Crippen LogP contribution is -2.49. The minimum atomic E-state index is -2.93. The summed E-state index contributed by atoms with van der Waals surface area (Å²) in [5.41, 5.74) is 1.37. The fourth-order valence-corrected chi connectivity index (χ4v) is 7.33. The van der Waals surface area contributed by atoms with Crippen molar-refractivity contribution in [2.75, 3.05) is 13.1 Å². The van der Waals surface area contributed by atoms with Crippen LogP contribution in [0.4, 0.5) is 4.39 Å². The second-order valence-electron chi connectivity index (χ2n) is 10.0. The summed E-state index contributed by atoms with van der Waals surface area (Å²) in [6.45, 7) is 3.89. The van der Waals surface area contributed by atoms with E-state index in [0.717, 1.165) is 48.2 Å². The van der Waals surface area contributed by atoms with Gasteiger partial charge in [-0.15, -0.1) is 0 Å². The summed E-state index contributed by atoms with van der Waals surface area (Å²) in [6, 6.07) is 2.93. The maximum atomic E-state index is 15.0. The predicted octanol–water partition coefficient (Wildman–Crippen LogP) is 4.07. The second kappa shape index (κ2) is 8.45. The van der Waals surface area contributed by atoms with Crippen LogP contribution in [-0.4, -0.2) is 43.2 Å². The van der Waals surface area contributed by atoms with Gasteiger partial charge in [-0.1, -0.05) is 19.3 Å². The molecule has 2 aliphatic carbocycles. The van der Waals surface area contributed by atoms with Gasteiger partial charge in [0.15, 0.2) is 0 Å². The van der Waals surface area contributed by atoms with Crippen molar-refractivity contribution in [2.45, 2.75) is 64.8 Å². The van der Waals surface area contributed by atoms with Gasteiger partial charge in [0.05, 0.1) is 16.8 Å². The number of hydrogen-bond donors (Lipinski definition) is 1. The van der Waals surface area contributed by atoms with Crippen LogP contribution >= 0.6 is 0 Å². The molecule has 3 aliphatic rings. The van der Waals surface area contributed by atoms with Crippen LogP contribution in [0.3, 0.4) is 0 Å². The van der Waals surface area contributed by atoms with Crippen LogP contribution in [0.25, 0.3) is 10.9 Å². The molecule has 0 spiro atoms. The van der Waals surface area contributed by atoms with Crippen LogP contribution < -0.4 is 4.72 Å². The third kappa shape index (κ3) is 4.19. The minimum Gasteiger partial charge on any atom is -0.268 e. The smallest absolute Gasteiger partial charge is 0.266 e. The minimum absolute atomic E-state index is 0.114. The first kappa shape index (κ1) is 21.9. The fraction of sp³-hybridized carbons (Fsp3) is 0.625. The molecule has 5 rings (SSSR count). The molecule has 2 aromatic rings. The molecule has 8 heteroatoms. The quantitative estimate of drug-likeness (QED) is 0.661. The Morgan fingerprint density at radius 3 is 2.59 bits per heavy atom. The summed E-state index contributed by atoms with van der Waals surface area (Å²) < 4.78 is 33.5. The molecule has 3 fully saturated rings. The SMILES string of the molecule is C=S(=O)(NC(=O)c1cc2c(C)nn(CCC3CC4CCCC(C4)C3)c2cc1F)N1CCC1. The second-order valence-corrected chi connectivity index (χ2v) is 12.0. The monoisotopic (exact) mass is 460 g/mol. The highest BCUT2D eigenvalue weighted by Crippen LogP contribution is 2.43. The molecule has 1 aliphatic heterocycles. The molecule has 2 bridgehead atoms. The number of amides is 1. The molecule has 0 radical (unpaired) electrons. The number of rotatable bonds is 6. The summed E-state index contributed by atoms with van der Waals surface area (Å²) in [6.07, 6.45) is 10.2. The first-order chi connectivity index (χ1) is 15.3. The van der Waals surface area contributed by atoms with Gasteiger partial charge in [0.2, 0.25) is 0 Å². The molecule has 2 saturated carbocycles. The molecule has 1 amide bonds. The zero-order valence-electron chi connectivity index (χ0n) is 18.8. The molecular weight excluding hydrogens is 427 g/mol. The van der Waals surface area contributed by atoms with Gasteiger partial charge < -0.3 is 0 Å². The van der Waals surface area contributed by atoms with Crippen molar-refractivity contribution >= 4 is 32.6 Å². The number of carbonyl (C=O) groups is 1. The average molecular weight is 461 g/mol. The number of hydrogen-bond acceptors (Lipinski definition) is 3. The maximum Gasteiger partial charge on any atom is 0.266 e. The molecule has 2 heterocycles. The van der Waals surface area contributed by atoms with Crippen molar-refractivity contribution in [3.63, 3.8) is 0 Å². The highest BCUT2D eigenvalue weighted by Gasteiger charge is 2.32. The van der Waals surface area contributed by atoms with Crippen LogP contribution in [0, 0.1) is 30.5 Å². The van der Waals surface area contributed by atoms with E-state index in [-0.39, 0.29) is 5.56 Å². The topological polar surface area (TPSA) is 67.2 Å². The first-order valence-electron chi connectivity index (χ1n) is 11.9. The van der Waals surface area contributed by atoms with E-state index in [0.29, 0.717) is 18.6 Å². The van der Waals surface area contributed by atoms with Gasteiger partial charge in [0, 0.05) is 31.1 Å². The van der Waals surface area contributed by atoms with E-state index in [1.807, 2.05) is 11.6 Å². The Kier molecular flexibility index (Phi) is 5.78. The van der Waals surface area contributed by atoms with E-state index in [9.17, 15) is 13.4 Å². The zero-order valence-corrected chi connectivity index (χ0v) is 19.6. The molecule has 1 saturated heterocycles.